The highest BCUT2D eigenvalue weighted by Crippen LogP contribution is 2.44. The van der Waals surface area contributed by atoms with Gasteiger partial charge in [-0.25, -0.2) is 4.99 Å². The van der Waals surface area contributed by atoms with Gasteiger partial charge in [0.25, 0.3) is 0 Å². The third-order valence-electron chi connectivity index (χ3n) is 5.51. The van der Waals surface area contributed by atoms with Crippen molar-refractivity contribution in [1.82, 2.24) is 15.5 Å². The molecule has 2 saturated carbocycles. The van der Waals surface area contributed by atoms with E-state index in [1.54, 1.807) is 19.0 Å². The van der Waals surface area contributed by atoms with Crippen molar-refractivity contribution in [3.63, 3.8) is 0 Å². The van der Waals surface area contributed by atoms with Crippen molar-refractivity contribution in [1.29, 1.82) is 0 Å². The molecular formula is C20H31IN4O. The molecule has 2 aliphatic rings. The molecule has 0 aliphatic heterocycles. The summed E-state index contributed by atoms with van der Waals surface area (Å²) < 4.78 is 0. The first-order valence-corrected chi connectivity index (χ1v) is 9.32. The molecule has 1 aromatic rings. The van der Waals surface area contributed by atoms with Crippen LogP contribution in [0.1, 0.15) is 36.8 Å². The van der Waals surface area contributed by atoms with Gasteiger partial charge in [0.05, 0.1) is 13.1 Å². The highest BCUT2D eigenvalue weighted by atomic mass is 127. The minimum atomic E-state index is 0. The largest absolute Gasteiger partial charge is 0.353 e. The van der Waals surface area contributed by atoms with Gasteiger partial charge in [0.1, 0.15) is 0 Å². The van der Waals surface area contributed by atoms with E-state index < -0.39 is 0 Å². The van der Waals surface area contributed by atoms with Crippen LogP contribution in [0.15, 0.2) is 29.3 Å². The summed E-state index contributed by atoms with van der Waals surface area (Å²) in [6.07, 6.45) is 5.28. The summed E-state index contributed by atoms with van der Waals surface area (Å²) in [4.78, 5) is 18.2. The number of hydrogen-bond acceptors (Lipinski definition) is 2. The van der Waals surface area contributed by atoms with Crippen molar-refractivity contribution in [2.45, 2.75) is 45.2 Å². The van der Waals surface area contributed by atoms with Gasteiger partial charge >= 0.3 is 0 Å². The van der Waals surface area contributed by atoms with E-state index in [1.807, 2.05) is 0 Å². The number of halogens is 1. The third kappa shape index (κ3) is 5.59. The maximum atomic E-state index is 11.9. The standard InChI is InChI=1S/C20H30N4O.HI/c1-14-4-6-15(7-5-14)12-21-20(22-13-19(25)24(2)3)23-18-11-16-8-9-17(18)10-16;/h4-7,16-18H,8-13H2,1-3H3,(H2,21,22,23);1H. The number of likely N-dealkylation sites (N-methyl/N-ethyl adjacent to an activating group) is 1. The van der Waals surface area contributed by atoms with Gasteiger partial charge in [-0.05, 0) is 43.6 Å². The second-order valence-electron chi connectivity index (χ2n) is 7.72. The quantitative estimate of drug-likeness (QED) is 0.396. The van der Waals surface area contributed by atoms with Crippen molar-refractivity contribution in [3.8, 4) is 0 Å². The van der Waals surface area contributed by atoms with Gasteiger partial charge in [0.15, 0.2) is 5.96 Å². The van der Waals surface area contributed by atoms with E-state index in [0.29, 0.717) is 12.6 Å². The van der Waals surface area contributed by atoms with Gasteiger partial charge in [0.2, 0.25) is 5.91 Å². The molecule has 2 N–H and O–H groups in total. The molecule has 3 rings (SSSR count). The van der Waals surface area contributed by atoms with Crippen molar-refractivity contribution in [3.05, 3.63) is 35.4 Å². The number of nitrogens with one attached hydrogen (secondary N) is 2. The van der Waals surface area contributed by atoms with E-state index in [-0.39, 0.29) is 36.4 Å². The van der Waals surface area contributed by atoms with Crippen LogP contribution in [0.3, 0.4) is 0 Å². The Labute approximate surface area is 174 Å². The maximum Gasteiger partial charge on any atom is 0.241 e. The summed E-state index contributed by atoms with van der Waals surface area (Å²) in [5, 5.41) is 6.81. The van der Waals surface area contributed by atoms with Crippen LogP contribution in [0, 0.1) is 18.8 Å². The average molecular weight is 470 g/mol. The molecule has 0 spiro atoms. The Hall–Kier alpha value is -1.31. The summed E-state index contributed by atoms with van der Waals surface area (Å²) in [5.41, 5.74) is 2.43. The van der Waals surface area contributed by atoms with E-state index in [4.69, 9.17) is 4.99 Å². The van der Waals surface area contributed by atoms with Gasteiger partial charge < -0.3 is 15.5 Å². The highest BCUT2D eigenvalue weighted by molar-refractivity contribution is 14.0. The number of benzene rings is 1. The normalized spacial score (nSPS) is 24.1. The summed E-state index contributed by atoms with van der Waals surface area (Å²) in [6, 6.07) is 8.93. The maximum absolute atomic E-state index is 11.9. The first kappa shape index (κ1) is 21.0. The zero-order valence-electron chi connectivity index (χ0n) is 16.0. The Balaban J connectivity index is 0.00000243. The fourth-order valence-electron chi connectivity index (χ4n) is 3.93. The topological polar surface area (TPSA) is 56.7 Å². The van der Waals surface area contributed by atoms with Crippen LogP contribution in [0.2, 0.25) is 0 Å². The fourth-order valence-corrected chi connectivity index (χ4v) is 3.93. The number of hydrogen-bond donors (Lipinski definition) is 2. The molecule has 6 heteroatoms. The number of rotatable bonds is 5. The molecule has 5 nitrogen and oxygen atoms in total. The number of guanidine groups is 1. The zero-order chi connectivity index (χ0) is 17.8. The zero-order valence-corrected chi connectivity index (χ0v) is 18.3. The molecule has 3 unspecified atom stereocenters. The predicted octanol–water partition coefficient (Wildman–Crippen LogP) is 2.93. The van der Waals surface area contributed by atoms with Crippen molar-refractivity contribution < 1.29 is 4.79 Å². The summed E-state index contributed by atoms with van der Waals surface area (Å²) in [5.74, 6) is 2.45. The molecular weight excluding hydrogens is 439 g/mol. The van der Waals surface area contributed by atoms with Crippen LogP contribution >= 0.6 is 24.0 Å². The molecule has 26 heavy (non-hydrogen) atoms. The molecule has 0 aromatic heterocycles. The number of carbonyl (C=O) groups excluding carboxylic acids is 1. The average Bonchev–Trinajstić information content (AvgIpc) is 3.21. The molecule has 0 radical (unpaired) electrons. The van der Waals surface area contributed by atoms with Gasteiger partial charge in [-0.15, -0.1) is 24.0 Å². The Morgan fingerprint density at radius 1 is 1.19 bits per heavy atom. The summed E-state index contributed by atoms with van der Waals surface area (Å²) >= 11 is 0. The minimum absolute atomic E-state index is 0. The van der Waals surface area contributed by atoms with Crippen molar-refractivity contribution in [2.24, 2.45) is 16.8 Å². The molecule has 0 saturated heterocycles. The lowest BCUT2D eigenvalue weighted by molar-refractivity contribution is -0.127. The smallest absolute Gasteiger partial charge is 0.241 e. The molecule has 144 valence electrons. The molecule has 1 amide bonds. The Bertz CT molecular complexity index is 629. The van der Waals surface area contributed by atoms with E-state index in [1.165, 1.54) is 36.8 Å². The van der Waals surface area contributed by atoms with Crippen LogP contribution in [-0.4, -0.2) is 43.4 Å². The van der Waals surface area contributed by atoms with E-state index in [9.17, 15) is 4.79 Å². The van der Waals surface area contributed by atoms with Crippen LogP contribution in [0.4, 0.5) is 0 Å². The molecule has 1 aromatic carbocycles. The van der Waals surface area contributed by atoms with Gasteiger partial charge in [-0.1, -0.05) is 36.2 Å². The number of nitrogens with zero attached hydrogens (tertiary/aromatic N) is 2. The molecule has 2 fully saturated rings. The van der Waals surface area contributed by atoms with Gasteiger partial charge in [0, 0.05) is 20.1 Å². The first-order chi connectivity index (χ1) is 12.0. The Morgan fingerprint density at radius 3 is 2.50 bits per heavy atom. The fraction of sp³-hybridized carbons (Fsp3) is 0.600. The molecule has 2 bridgehead atoms. The minimum Gasteiger partial charge on any atom is -0.353 e. The number of amides is 1. The number of aryl methyl sites for hydroxylation is 1. The second-order valence-corrected chi connectivity index (χ2v) is 7.72. The SMILES string of the molecule is Cc1ccc(CN=C(NCC(=O)N(C)C)NC2CC3CCC2C3)cc1.I. The monoisotopic (exact) mass is 470 g/mol. The van der Waals surface area contributed by atoms with Gasteiger partial charge in [-0.3, -0.25) is 4.79 Å². The Kier molecular flexibility index (Phi) is 7.73. The van der Waals surface area contributed by atoms with Crippen LogP contribution in [-0.2, 0) is 11.3 Å². The first-order valence-electron chi connectivity index (χ1n) is 9.32. The lowest BCUT2D eigenvalue weighted by Crippen LogP contribution is -2.48. The second kappa shape index (κ2) is 9.58. The lowest BCUT2D eigenvalue weighted by atomic mass is 9.95. The van der Waals surface area contributed by atoms with E-state index in [2.05, 4.69) is 41.8 Å². The van der Waals surface area contributed by atoms with Crippen LogP contribution in [0.25, 0.3) is 0 Å². The van der Waals surface area contributed by atoms with Gasteiger partial charge in [-0.2, -0.15) is 0 Å². The predicted molar refractivity (Wildman–Crippen MR) is 117 cm³/mol. The third-order valence-corrected chi connectivity index (χ3v) is 5.51. The summed E-state index contributed by atoms with van der Waals surface area (Å²) in [7, 11) is 3.55. The van der Waals surface area contributed by atoms with Crippen LogP contribution in [0.5, 0.6) is 0 Å². The number of aliphatic imine (C=N–C) groups is 1. The summed E-state index contributed by atoms with van der Waals surface area (Å²) in [6.45, 7) is 2.98. The highest BCUT2D eigenvalue weighted by Gasteiger charge is 2.39. The van der Waals surface area contributed by atoms with Crippen molar-refractivity contribution in [2.75, 3.05) is 20.6 Å². The van der Waals surface area contributed by atoms with E-state index in [0.717, 1.165) is 17.8 Å². The van der Waals surface area contributed by atoms with Crippen molar-refractivity contribution >= 4 is 35.8 Å². The van der Waals surface area contributed by atoms with Crippen LogP contribution < -0.4 is 10.6 Å². The van der Waals surface area contributed by atoms with E-state index >= 15 is 0 Å². The molecule has 2 aliphatic carbocycles. The lowest BCUT2D eigenvalue weighted by Gasteiger charge is -2.25. The molecule has 3 atom stereocenters. The number of fused-ring (bicyclic) bond motifs is 2. The Morgan fingerprint density at radius 2 is 1.92 bits per heavy atom. The molecule has 0 heterocycles. The number of carbonyl (C=O) groups is 1.